The van der Waals surface area contributed by atoms with Crippen LogP contribution >= 0.6 is 11.3 Å². The van der Waals surface area contributed by atoms with Crippen molar-refractivity contribution >= 4 is 21.4 Å². The maximum absolute atomic E-state index is 12.7. The molecule has 0 spiro atoms. The molecular formula is C14H22N2O2S2. The third-order valence-electron chi connectivity index (χ3n) is 4.17. The van der Waals surface area contributed by atoms with Gasteiger partial charge in [0.1, 0.15) is 4.21 Å². The van der Waals surface area contributed by atoms with E-state index >= 15 is 0 Å². The van der Waals surface area contributed by atoms with Crippen molar-refractivity contribution < 1.29 is 8.42 Å². The number of hydrogen-bond acceptors (Lipinski definition) is 4. The van der Waals surface area contributed by atoms with Gasteiger partial charge in [0.15, 0.2) is 0 Å². The van der Waals surface area contributed by atoms with Crippen molar-refractivity contribution in [1.29, 1.82) is 0 Å². The number of rotatable bonds is 5. The van der Waals surface area contributed by atoms with Crippen molar-refractivity contribution in [2.45, 2.75) is 61.9 Å². The molecule has 112 valence electrons. The van der Waals surface area contributed by atoms with E-state index in [1.165, 1.54) is 24.2 Å². The summed E-state index contributed by atoms with van der Waals surface area (Å²) in [7, 11) is -3.32. The van der Waals surface area contributed by atoms with Crippen molar-refractivity contribution in [3.05, 3.63) is 17.0 Å². The molecule has 1 saturated carbocycles. The van der Waals surface area contributed by atoms with Crippen LogP contribution in [0.4, 0.5) is 0 Å². The monoisotopic (exact) mass is 314 g/mol. The number of nitrogens with zero attached hydrogens (tertiary/aromatic N) is 1. The summed E-state index contributed by atoms with van der Waals surface area (Å²) in [4.78, 5) is 0. The van der Waals surface area contributed by atoms with Crippen molar-refractivity contribution in [2.75, 3.05) is 6.54 Å². The first-order valence-corrected chi connectivity index (χ1v) is 9.55. The van der Waals surface area contributed by atoms with Gasteiger partial charge in [-0.3, -0.25) is 0 Å². The van der Waals surface area contributed by atoms with Crippen LogP contribution < -0.4 is 5.32 Å². The average molecular weight is 314 g/mol. The SMILES string of the molecule is CC1(C)CCCN1S(=O)(=O)c1cc(CNC2CC2)cs1. The minimum Gasteiger partial charge on any atom is -0.310 e. The molecule has 1 aliphatic carbocycles. The Morgan fingerprint density at radius 3 is 2.80 bits per heavy atom. The molecule has 0 radical (unpaired) electrons. The fourth-order valence-electron chi connectivity index (χ4n) is 2.77. The lowest BCUT2D eigenvalue weighted by atomic mass is 10.0. The van der Waals surface area contributed by atoms with Crippen molar-refractivity contribution in [3.8, 4) is 0 Å². The molecule has 6 heteroatoms. The highest BCUT2D eigenvalue weighted by Crippen LogP contribution is 2.35. The van der Waals surface area contributed by atoms with Crippen molar-refractivity contribution in [1.82, 2.24) is 9.62 Å². The van der Waals surface area contributed by atoms with Crippen LogP contribution in [0.1, 0.15) is 45.1 Å². The summed E-state index contributed by atoms with van der Waals surface area (Å²) in [5.74, 6) is 0. The van der Waals surface area contributed by atoms with Gasteiger partial charge in [-0.2, -0.15) is 4.31 Å². The fraction of sp³-hybridized carbons (Fsp3) is 0.714. The molecule has 1 aromatic rings. The summed E-state index contributed by atoms with van der Waals surface area (Å²) >= 11 is 1.35. The van der Waals surface area contributed by atoms with Crippen LogP contribution in [0.2, 0.25) is 0 Å². The van der Waals surface area contributed by atoms with Gasteiger partial charge >= 0.3 is 0 Å². The van der Waals surface area contributed by atoms with Gasteiger partial charge in [-0.15, -0.1) is 11.3 Å². The summed E-state index contributed by atoms with van der Waals surface area (Å²) in [6.07, 6.45) is 4.38. The van der Waals surface area contributed by atoms with Crippen LogP contribution in [0.25, 0.3) is 0 Å². The Labute approximate surface area is 125 Å². The Kier molecular flexibility index (Phi) is 3.69. The topological polar surface area (TPSA) is 49.4 Å². The molecule has 3 rings (SSSR count). The summed E-state index contributed by atoms with van der Waals surface area (Å²) in [6.45, 7) is 5.45. The van der Waals surface area contributed by atoms with E-state index in [1.807, 2.05) is 25.3 Å². The number of sulfonamides is 1. The highest BCUT2D eigenvalue weighted by molar-refractivity contribution is 7.91. The molecule has 0 amide bonds. The first kappa shape index (κ1) is 14.5. The summed E-state index contributed by atoms with van der Waals surface area (Å²) in [5, 5.41) is 5.39. The standard InChI is InChI=1S/C14H22N2O2S2/c1-14(2)6-3-7-16(14)20(17,18)13-8-11(10-19-13)9-15-12-4-5-12/h8,10,12,15H,3-7,9H2,1-2H3. The Morgan fingerprint density at radius 1 is 1.45 bits per heavy atom. The van der Waals surface area contributed by atoms with E-state index in [4.69, 9.17) is 0 Å². The summed E-state index contributed by atoms with van der Waals surface area (Å²) in [5.41, 5.74) is 0.826. The lowest BCUT2D eigenvalue weighted by Gasteiger charge is -2.29. The largest absolute Gasteiger partial charge is 0.310 e. The van der Waals surface area contributed by atoms with Gasteiger partial charge < -0.3 is 5.32 Å². The third kappa shape index (κ3) is 2.79. The Bertz CT molecular complexity index is 588. The first-order valence-electron chi connectivity index (χ1n) is 7.23. The molecule has 0 aromatic carbocycles. The number of hydrogen-bond donors (Lipinski definition) is 1. The van der Waals surface area contributed by atoms with E-state index in [1.54, 1.807) is 4.31 Å². The van der Waals surface area contributed by atoms with Gasteiger partial charge in [0, 0.05) is 24.7 Å². The number of thiophene rings is 1. The Morgan fingerprint density at radius 2 is 2.20 bits per heavy atom. The van der Waals surface area contributed by atoms with Gasteiger partial charge in [0.05, 0.1) is 0 Å². The quantitative estimate of drug-likeness (QED) is 0.909. The van der Waals surface area contributed by atoms with Crippen molar-refractivity contribution in [2.24, 2.45) is 0 Å². The zero-order chi connectivity index (χ0) is 14.4. The summed E-state index contributed by atoms with van der Waals surface area (Å²) < 4.78 is 27.6. The summed E-state index contributed by atoms with van der Waals surface area (Å²) in [6, 6.07) is 2.48. The molecule has 1 aliphatic heterocycles. The van der Waals surface area contributed by atoms with Gasteiger partial charge in [-0.25, -0.2) is 8.42 Å². The van der Waals surface area contributed by atoms with Crippen LogP contribution in [0.5, 0.6) is 0 Å². The van der Waals surface area contributed by atoms with Gasteiger partial charge in [0.2, 0.25) is 0 Å². The van der Waals surface area contributed by atoms with E-state index in [0.29, 0.717) is 16.8 Å². The van der Waals surface area contributed by atoms with E-state index < -0.39 is 10.0 Å². The first-order chi connectivity index (χ1) is 9.39. The average Bonchev–Trinajstić information content (AvgIpc) is 2.93. The third-order valence-corrected chi connectivity index (χ3v) is 7.75. The van der Waals surface area contributed by atoms with E-state index in [2.05, 4.69) is 5.32 Å². The van der Waals surface area contributed by atoms with Crippen LogP contribution in [0.15, 0.2) is 15.7 Å². The molecule has 0 atom stereocenters. The van der Waals surface area contributed by atoms with Gasteiger partial charge in [-0.1, -0.05) is 0 Å². The second-order valence-corrected chi connectivity index (χ2v) is 9.42. The molecule has 1 N–H and O–H groups in total. The minimum absolute atomic E-state index is 0.255. The Balaban J connectivity index is 1.76. The maximum atomic E-state index is 12.7. The van der Waals surface area contributed by atoms with Crippen LogP contribution in [-0.2, 0) is 16.6 Å². The zero-order valence-electron chi connectivity index (χ0n) is 12.1. The maximum Gasteiger partial charge on any atom is 0.253 e. The van der Waals surface area contributed by atoms with E-state index in [-0.39, 0.29) is 5.54 Å². The predicted molar refractivity (Wildman–Crippen MR) is 81.4 cm³/mol. The molecular weight excluding hydrogens is 292 g/mol. The lowest BCUT2D eigenvalue weighted by molar-refractivity contribution is 0.292. The molecule has 4 nitrogen and oxygen atoms in total. The van der Waals surface area contributed by atoms with Crippen LogP contribution in [0.3, 0.4) is 0 Å². The molecule has 1 saturated heterocycles. The van der Waals surface area contributed by atoms with Crippen LogP contribution in [-0.4, -0.2) is 30.8 Å². The van der Waals surface area contributed by atoms with Crippen LogP contribution in [0, 0.1) is 0 Å². The molecule has 2 heterocycles. The second-order valence-electron chi connectivity index (χ2n) is 6.42. The normalized spacial score (nSPS) is 23.3. The van der Waals surface area contributed by atoms with E-state index in [9.17, 15) is 8.42 Å². The molecule has 1 aromatic heterocycles. The fourth-order valence-corrected chi connectivity index (χ4v) is 5.94. The molecule has 2 aliphatic rings. The number of nitrogens with one attached hydrogen (secondary N) is 1. The molecule has 20 heavy (non-hydrogen) atoms. The van der Waals surface area contributed by atoms with Crippen molar-refractivity contribution in [3.63, 3.8) is 0 Å². The molecule has 0 unspecified atom stereocenters. The smallest absolute Gasteiger partial charge is 0.253 e. The highest BCUT2D eigenvalue weighted by Gasteiger charge is 2.41. The Hall–Kier alpha value is -0.430. The van der Waals surface area contributed by atoms with E-state index in [0.717, 1.165) is 24.9 Å². The predicted octanol–water partition coefficient (Wildman–Crippen LogP) is 2.56. The van der Waals surface area contributed by atoms with Gasteiger partial charge in [0.25, 0.3) is 10.0 Å². The molecule has 2 fully saturated rings. The second kappa shape index (κ2) is 5.09. The highest BCUT2D eigenvalue weighted by atomic mass is 32.2. The zero-order valence-corrected chi connectivity index (χ0v) is 13.7. The molecule has 0 bridgehead atoms. The lowest BCUT2D eigenvalue weighted by Crippen LogP contribution is -2.42. The van der Waals surface area contributed by atoms with Gasteiger partial charge in [-0.05, 0) is 56.5 Å². The minimum atomic E-state index is -3.32.